The van der Waals surface area contributed by atoms with Crippen molar-refractivity contribution in [1.82, 2.24) is 10.2 Å². The molecular weight excluding hydrogens is 346 g/mol. The van der Waals surface area contributed by atoms with E-state index in [1.807, 2.05) is 0 Å². The van der Waals surface area contributed by atoms with Crippen LogP contribution in [0.3, 0.4) is 0 Å². The molecule has 2 aliphatic heterocycles. The molecule has 0 bridgehead atoms. The molecule has 25 heavy (non-hydrogen) atoms. The van der Waals surface area contributed by atoms with E-state index in [4.69, 9.17) is 21.1 Å². The predicted octanol–water partition coefficient (Wildman–Crippen LogP) is 0.904. The molecule has 2 aliphatic rings. The minimum atomic E-state index is -0.252. The summed E-state index contributed by atoms with van der Waals surface area (Å²) in [4.78, 5) is 28.0. The van der Waals surface area contributed by atoms with Crippen LogP contribution in [0.15, 0.2) is 18.2 Å². The van der Waals surface area contributed by atoms with Crippen LogP contribution in [0.4, 0.5) is 5.69 Å². The number of morpholine rings is 1. The average Bonchev–Trinajstić information content (AvgIpc) is 2.62. The van der Waals surface area contributed by atoms with E-state index in [1.165, 1.54) is 4.90 Å². The molecule has 1 N–H and O–H groups in total. The van der Waals surface area contributed by atoms with E-state index in [9.17, 15) is 9.59 Å². The number of ether oxygens (including phenoxy) is 2. The summed E-state index contributed by atoms with van der Waals surface area (Å²) in [5.74, 6) is 0.116. The molecule has 1 saturated heterocycles. The first-order valence-electron chi connectivity index (χ1n) is 8.43. The first kappa shape index (κ1) is 18.0. The van der Waals surface area contributed by atoms with Gasteiger partial charge in [0.25, 0.3) is 5.91 Å². The Hall–Kier alpha value is -1.83. The highest BCUT2D eigenvalue weighted by molar-refractivity contribution is 6.31. The van der Waals surface area contributed by atoms with Crippen molar-refractivity contribution in [3.8, 4) is 5.75 Å². The highest BCUT2D eigenvalue weighted by atomic mass is 35.5. The van der Waals surface area contributed by atoms with Crippen molar-refractivity contribution in [3.05, 3.63) is 23.2 Å². The summed E-state index contributed by atoms with van der Waals surface area (Å²) in [6.07, 6.45) is 0.866. The number of hydrogen-bond donors (Lipinski definition) is 1. The van der Waals surface area contributed by atoms with Crippen LogP contribution in [0.5, 0.6) is 5.75 Å². The molecule has 0 spiro atoms. The SMILES string of the molecule is O=C(CN1C(=O)COc2ccc(Cl)cc21)NCCCN1CCOCC1. The Labute approximate surface area is 151 Å². The lowest BCUT2D eigenvalue weighted by Crippen LogP contribution is -2.45. The summed E-state index contributed by atoms with van der Waals surface area (Å²) in [6, 6.07) is 5.04. The monoisotopic (exact) mass is 367 g/mol. The minimum absolute atomic E-state index is 0.0346. The number of fused-ring (bicyclic) bond motifs is 1. The van der Waals surface area contributed by atoms with Crippen LogP contribution >= 0.6 is 11.6 Å². The van der Waals surface area contributed by atoms with Crippen LogP contribution < -0.4 is 15.0 Å². The highest BCUT2D eigenvalue weighted by Gasteiger charge is 2.27. The van der Waals surface area contributed by atoms with Crippen molar-refractivity contribution < 1.29 is 19.1 Å². The molecular formula is C17H22ClN3O4. The van der Waals surface area contributed by atoms with Crippen molar-refractivity contribution >= 4 is 29.1 Å². The minimum Gasteiger partial charge on any atom is -0.482 e. The molecule has 0 aliphatic carbocycles. The van der Waals surface area contributed by atoms with Gasteiger partial charge in [-0.05, 0) is 31.2 Å². The van der Waals surface area contributed by atoms with Gasteiger partial charge in [0.15, 0.2) is 6.61 Å². The number of hydrogen-bond acceptors (Lipinski definition) is 5. The van der Waals surface area contributed by atoms with E-state index >= 15 is 0 Å². The van der Waals surface area contributed by atoms with Gasteiger partial charge in [-0.25, -0.2) is 0 Å². The van der Waals surface area contributed by atoms with Crippen LogP contribution in [0.1, 0.15) is 6.42 Å². The third-order valence-corrected chi connectivity index (χ3v) is 4.48. The van der Waals surface area contributed by atoms with E-state index in [0.717, 1.165) is 39.3 Å². The summed E-state index contributed by atoms with van der Waals surface area (Å²) in [5, 5.41) is 3.36. The number of benzene rings is 1. The van der Waals surface area contributed by atoms with E-state index in [0.29, 0.717) is 23.0 Å². The van der Waals surface area contributed by atoms with Gasteiger partial charge in [-0.3, -0.25) is 19.4 Å². The van der Waals surface area contributed by atoms with Crippen LogP contribution in [0.2, 0.25) is 5.02 Å². The number of rotatable bonds is 6. The Balaban J connectivity index is 1.47. The smallest absolute Gasteiger partial charge is 0.265 e. The van der Waals surface area contributed by atoms with Gasteiger partial charge in [0.2, 0.25) is 5.91 Å². The topological polar surface area (TPSA) is 71.1 Å². The largest absolute Gasteiger partial charge is 0.482 e. The molecule has 0 atom stereocenters. The van der Waals surface area contributed by atoms with Crippen molar-refractivity contribution in [3.63, 3.8) is 0 Å². The average molecular weight is 368 g/mol. The Morgan fingerprint density at radius 1 is 1.28 bits per heavy atom. The molecule has 1 aromatic carbocycles. The standard InChI is InChI=1S/C17H22ClN3O4/c18-13-2-3-15-14(10-13)21(17(23)12-25-15)11-16(22)19-4-1-5-20-6-8-24-9-7-20/h2-3,10H,1,4-9,11-12H2,(H,19,22). The highest BCUT2D eigenvalue weighted by Crippen LogP contribution is 2.34. The lowest BCUT2D eigenvalue weighted by molar-refractivity contribution is -0.125. The number of anilines is 1. The molecule has 0 saturated carbocycles. The van der Waals surface area contributed by atoms with Gasteiger partial charge in [0, 0.05) is 24.7 Å². The lowest BCUT2D eigenvalue weighted by Gasteiger charge is -2.29. The second kappa shape index (κ2) is 8.51. The Kier molecular flexibility index (Phi) is 6.12. The summed E-state index contributed by atoms with van der Waals surface area (Å²) < 4.78 is 10.7. The lowest BCUT2D eigenvalue weighted by atomic mass is 10.2. The number of amides is 2. The number of nitrogens with zero attached hydrogens (tertiary/aromatic N) is 2. The van der Waals surface area contributed by atoms with Gasteiger partial charge < -0.3 is 14.8 Å². The molecule has 7 nitrogen and oxygen atoms in total. The zero-order valence-corrected chi connectivity index (χ0v) is 14.8. The first-order valence-corrected chi connectivity index (χ1v) is 8.81. The predicted molar refractivity (Wildman–Crippen MR) is 94.2 cm³/mol. The molecule has 0 unspecified atom stereocenters. The quantitative estimate of drug-likeness (QED) is 0.756. The summed E-state index contributed by atoms with van der Waals surface area (Å²) in [5.41, 5.74) is 0.534. The van der Waals surface area contributed by atoms with Gasteiger partial charge in [0.1, 0.15) is 12.3 Å². The van der Waals surface area contributed by atoms with E-state index in [-0.39, 0.29) is 25.0 Å². The fourth-order valence-electron chi connectivity index (χ4n) is 2.90. The molecule has 8 heteroatoms. The molecule has 2 heterocycles. The van der Waals surface area contributed by atoms with Crippen LogP contribution in [0, 0.1) is 0 Å². The van der Waals surface area contributed by atoms with Crippen LogP contribution in [0.25, 0.3) is 0 Å². The summed E-state index contributed by atoms with van der Waals surface area (Å²) in [7, 11) is 0. The first-order chi connectivity index (χ1) is 12.1. The van der Waals surface area contributed by atoms with Gasteiger partial charge in [-0.2, -0.15) is 0 Å². The molecule has 1 aromatic rings. The third kappa shape index (κ3) is 4.84. The molecule has 2 amide bonds. The zero-order chi connectivity index (χ0) is 17.6. The summed E-state index contributed by atoms with van der Waals surface area (Å²) >= 11 is 5.99. The van der Waals surface area contributed by atoms with Crippen molar-refractivity contribution in [2.75, 3.05) is 57.4 Å². The van der Waals surface area contributed by atoms with Gasteiger partial charge >= 0.3 is 0 Å². The molecule has 3 rings (SSSR count). The maximum Gasteiger partial charge on any atom is 0.265 e. The van der Waals surface area contributed by atoms with Crippen molar-refractivity contribution in [2.24, 2.45) is 0 Å². The Morgan fingerprint density at radius 2 is 2.08 bits per heavy atom. The number of carbonyl (C=O) groups excluding carboxylic acids is 2. The number of carbonyl (C=O) groups is 2. The number of halogens is 1. The van der Waals surface area contributed by atoms with Crippen molar-refractivity contribution in [2.45, 2.75) is 6.42 Å². The second-order valence-electron chi connectivity index (χ2n) is 6.04. The third-order valence-electron chi connectivity index (χ3n) is 4.24. The maximum atomic E-state index is 12.2. The number of nitrogens with one attached hydrogen (secondary N) is 1. The molecule has 1 fully saturated rings. The van der Waals surface area contributed by atoms with Crippen LogP contribution in [-0.2, 0) is 14.3 Å². The molecule has 0 aromatic heterocycles. The van der Waals surface area contributed by atoms with E-state index in [1.54, 1.807) is 18.2 Å². The Bertz CT molecular complexity index is 634. The van der Waals surface area contributed by atoms with Crippen molar-refractivity contribution in [1.29, 1.82) is 0 Å². The fraction of sp³-hybridized carbons (Fsp3) is 0.529. The summed E-state index contributed by atoms with van der Waals surface area (Å²) in [6.45, 7) is 4.82. The van der Waals surface area contributed by atoms with Gasteiger partial charge in [-0.15, -0.1) is 0 Å². The van der Waals surface area contributed by atoms with Crippen LogP contribution in [-0.4, -0.2) is 69.3 Å². The second-order valence-corrected chi connectivity index (χ2v) is 6.47. The normalized spacial score (nSPS) is 17.8. The van der Waals surface area contributed by atoms with Gasteiger partial charge in [-0.1, -0.05) is 11.6 Å². The van der Waals surface area contributed by atoms with E-state index < -0.39 is 0 Å². The zero-order valence-electron chi connectivity index (χ0n) is 14.0. The molecule has 0 radical (unpaired) electrons. The molecule has 136 valence electrons. The maximum absolute atomic E-state index is 12.2. The van der Waals surface area contributed by atoms with Gasteiger partial charge in [0.05, 0.1) is 18.9 Å². The Morgan fingerprint density at radius 3 is 2.88 bits per heavy atom. The fourth-order valence-corrected chi connectivity index (χ4v) is 3.07. The van der Waals surface area contributed by atoms with E-state index in [2.05, 4.69) is 10.2 Å².